The van der Waals surface area contributed by atoms with Gasteiger partial charge in [-0.3, -0.25) is 0 Å². The predicted molar refractivity (Wildman–Crippen MR) is 37.1 cm³/mol. The van der Waals surface area contributed by atoms with Crippen molar-refractivity contribution in [2.75, 3.05) is 5.84 Å². The molecule has 2 N–H and O–H groups in total. The molecule has 1 heterocycles. The Balaban J connectivity index is 3.32. The zero-order valence-electron chi connectivity index (χ0n) is 5.98. The van der Waals surface area contributed by atoms with Crippen LogP contribution in [0.2, 0.25) is 5.02 Å². The Kier molecular flexibility index (Phi) is 1.95. The maximum atomic E-state index is 12.1. The summed E-state index contributed by atoms with van der Waals surface area (Å²) < 4.78 is 36.3. The molecular weight excluding hydrogens is 195 g/mol. The average molecular weight is 200 g/mol. The average Bonchev–Trinajstić information content (AvgIpc) is 2.05. The highest BCUT2D eigenvalue weighted by Gasteiger charge is 2.38. The van der Waals surface area contributed by atoms with Crippen LogP contribution in [-0.4, -0.2) is 9.89 Å². The van der Waals surface area contributed by atoms with Gasteiger partial charge in [0, 0.05) is 0 Å². The number of nitrogens with zero attached hydrogens (tertiary/aromatic N) is 2. The number of hydrogen-bond donors (Lipinski definition) is 1. The molecule has 0 aliphatic heterocycles. The number of alkyl halides is 3. The maximum Gasteiger partial charge on any atom is 0.436 e. The van der Waals surface area contributed by atoms with E-state index in [1.54, 1.807) is 0 Å². The van der Waals surface area contributed by atoms with Gasteiger partial charge in [-0.05, 0) is 6.92 Å². The molecule has 0 atom stereocenters. The van der Waals surface area contributed by atoms with Crippen molar-refractivity contribution < 1.29 is 13.2 Å². The molecule has 0 unspecified atom stereocenters. The summed E-state index contributed by atoms with van der Waals surface area (Å²) in [6, 6.07) is 0. The van der Waals surface area contributed by atoms with Crippen molar-refractivity contribution in [3.8, 4) is 0 Å². The molecule has 0 saturated carbocycles. The van der Waals surface area contributed by atoms with Crippen LogP contribution in [0, 0.1) is 6.92 Å². The van der Waals surface area contributed by atoms with E-state index >= 15 is 0 Å². The summed E-state index contributed by atoms with van der Waals surface area (Å²) in [7, 11) is 0. The molecule has 68 valence electrons. The highest BCUT2D eigenvalue weighted by Crippen LogP contribution is 2.34. The van der Waals surface area contributed by atoms with Crippen LogP contribution in [0.15, 0.2) is 0 Å². The van der Waals surface area contributed by atoms with E-state index < -0.39 is 16.9 Å². The smallest absolute Gasteiger partial charge is 0.323 e. The molecule has 0 aliphatic carbocycles. The van der Waals surface area contributed by atoms with Crippen LogP contribution in [-0.2, 0) is 6.18 Å². The Labute approximate surface area is 70.9 Å². The topological polar surface area (TPSA) is 43.8 Å². The molecule has 0 radical (unpaired) electrons. The molecule has 3 nitrogen and oxygen atoms in total. The van der Waals surface area contributed by atoms with Crippen LogP contribution in [0.1, 0.15) is 11.4 Å². The van der Waals surface area contributed by atoms with Gasteiger partial charge in [0.25, 0.3) is 0 Å². The summed E-state index contributed by atoms with van der Waals surface area (Å²) in [6.45, 7) is 1.35. The molecule has 0 fully saturated rings. The molecule has 12 heavy (non-hydrogen) atoms. The standard InChI is InChI=1S/C5H5ClF3N3/c1-2-3(6)4(5(7,8)9)12(10)11-2/h10H2,1H3. The van der Waals surface area contributed by atoms with E-state index in [1.165, 1.54) is 6.92 Å². The van der Waals surface area contributed by atoms with Gasteiger partial charge in [0.2, 0.25) is 0 Å². The number of aromatic nitrogens is 2. The van der Waals surface area contributed by atoms with Crippen molar-refractivity contribution in [2.45, 2.75) is 13.1 Å². The first-order chi connectivity index (χ1) is 5.34. The Hall–Kier alpha value is -0.910. The third-order valence-electron chi connectivity index (χ3n) is 1.28. The van der Waals surface area contributed by atoms with Gasteiger partial charge in [0.05, 0.1) is 10.7 Å². The number of nitrogen functional groups attached to an aromatic ring is 1. The minimum atomic E-state index is -4.56. The molecule has 1 rings (SSSR count). The Morgan fingerprint density at radius 2 is 2.00 bits per heavy atom. The van der Waals surface area contributed by atoms with E-state index in [-0.39, 0.29) is 10.5 Å². The van der Waals surface area contributed by atoms with Crippen LogP contribution in [0.4, 0.5) is 13.2 Å². The maximum absolute atomic E-state index is 12.1. The van der Waals surface area contributed by atoms with Crippen LogP contribution < -0.4 is 5.84 Å². The lowest BCUT2D eigenvalue weighted by atomic mass is 10.3. The van der Waals surface area contributed by atoms with Gasteiger partial charge in [-0.2, -0.15) is 23.1 Å². The van der Waals surface area contributed by atoms with Crippen molar-refractivity contribution in [3.05, 3.63) is 16.4 Å². The van der Waals surface area contributed by atoms with E-state index in [0.717, 1.165) is 0 Å². The Morgan fingerprint density at radius 1 is 1.50 bits per heavy atom. The summed E-state index contributed by atoms with van der Waals surface area (Å²) in [5.41, 5.74) is -1.06. The summed E-state index contributed by atoms with van der Waals surface area (Å²) in [5.74, 6) is 4.93. The van der Waals surface area contributed by atoms with E-state index in [9.17, 15) is 13.2 Å². The summed E-state index contributed by atoms with van der Waals surface area (Å²) >= 11 is 5.32. The molecule has 1 aromatic heterocycles. The number of hydrogen-bond acceptors (Lipinski definition) is 2. The molecule has 0 amide bonds. The minimum Gasteiger partial charge on any atom is -0.323 e. The lowest BCUT2D eigenvalue weighted by molar-refractivity contribution is -0.143. The molecule has 0 bridgehead atoms. The molecule has 7 heteroatoms. The summed E-state index contributed by atoms with van der Waals surface area (Å²) in [6.07, 6.45) is -4.56. The van der Waals surface area contributed by atoms with Gasteiger partial charge < -0.3 is 5.84 Å². The zero-order chi connectivity index (χ0) is 9.52. The zero-order valence-corrected chi connectivity index (χ0v) is 6.74. The first kappa shape index (κ1) is 9.18. The SMILES string of the molecule is Cc1nn(N)c(C(F)(F)F)c1Cl. The van der Waals surface area contributed by atoms with Gasteiger partial charge in [-0.15, -0.1) is 0 Å². The molecule has 0 aliphatic rings. The largest absolute Gasteiger partial charge is 0.436 e. The first-order valence-electron chi connectivity index (χ1n) is 2.91. The van der Waals surface area contributed by atoms with Crippen LogP contribution in [0.5, 0.6) is 0 Å². The number of nitrogens with two attached hydrogens (primary N) is 1. The van der Waals surface area contributed by atoms with Gasteiger partial charge >= 0.3 is 6.18 Å². The summed E-state index contributed by atoms with van der Waals surface area (Å²) in [4.78, 5) is 0.234. The normalized spacial score (nSPS) is 12.1. The molecule has 0 spiro atoms. The predicted octanol–water partition coefficient (Wildman–Crippen LogP) is 1.58. The quantitative estimate of drug-likeness (QED) is 0.645. The fourth-order valence-corrected chi connectivity index (χ4v) is 1.01. The fraction of sp³-hybridized carbons (Fsp3) is 0.400. The lowest BCUT2D eigenvalue weighted by Gasteiger charge is -2.05. The van der Waals surface area contributed by atoms with Gasteiger partial charge in [-0.25, -0.2) is 0 Å². The fourth-order valence-electron chi connectivity index (χ4n) is 0.782. The van der Waals surface area contributed by atoms with E-state index in [0.29, 0.717) is 0 Å². The van der Waals surface area contributed by atoms with E-state index in [2.05, 4.69) is 5.10 Å². The monoisotopic (exact) mass is 199 g/mol. The Bertz CT molecular complexity index is 304. The van der Waals surface area contributed by atoms with E-state index in [1.807, 2.05) is 0 Å². The first-order valence-corrected chi connectivity index (χ1v) is 3.29. The van der Waals surface area contributed by atoms with E-state index in [4.69, 9.17) is 17.4 Å². The molecule has 0 aromatic carbocycles. The van der Waals surface area contributed by atoms with Crippen molar-refractivity contribution in [1.29, 1.82) is 0 Å². The van der Waals surface area contributed by atoms with Crippen LogP contribution in [0.25, 0.3) is 0 Å². The second-order valence-electron chi connectivity index (χ2n) is 2.19. The highest BCUT2D eigenvalue weighted by molar-refractivity contribution is 6.31. The molecule has 1 aromatic rings. The second-order valence-corrected chi connectivity index (χ2v) is 2.57. The third kappa shape index (κ3) is 1.34. The Morgan fingerprint density at radius 3 is 2.17 bits per heavy atom. The number of aryl methyl sites for hydroxylation is 1. The second kappa shape index (κ2) is 2.55. The van der Waals surface area contributed by atoms with Gasteiger partial charge in [-0.1, -0.05) is 11.6 Å². The summed E-state index contributed by atoms with van der Waals surface area (Å²) in [5, 5.41) is 2.87. The lowest BCUT2D eigenvalue weighted by Crippen LogP contribution is -2.20. The molecule has 0 saturated heterocycles. The van der Waals surface area contributed by atoms with Crippen molar-refractivity contribution in [2.24, 2.45) is 0 Å². The van der Waals surface area contributed by atoms with Gasteiger partial charge in [0.15, 0.2) is 5.69 Å². The third-order valence-corrected chi connectivity index (χ3v) is 1.73. The minimum absolute atomic E-state index is 0.0616. The van der Waals surface area contributed by atoms with Crippen LogP contribution in [0.3, 0.4) is 0 Å². The number of rotatable bonds is 0. The molecular formula is C5H5ClF3N3. The number of halogens is 4. The van der Waals surface area contributed by atoms with Crippen molar-refractivity contribution in [3.63, 3.8) is 0 Å². The van der Waals surface area contributed by atoms with Gasteiger partial charge in [0.1, 0.15) is 0 Å². The van der Waals surface area contributed by atoms with Crippen molar-refractivity contribution in [1.82, 2.24) is 9.89 Å². The van der Waals surface area contributed by atoms with Crippen molar-refractivity contribution >= 4 is 11.6 Å². The van der Waals surface area contributed by atoms with Crippen LogP contribution >= 0.6 is 11.6 Å². The highest BCUT2D eigenvalue weighted by atomic mass is 35.5.